The predicted molar refractivity (Wildman–Crippen MR) is 186 cm³/mol. The van der Waals surface area contributed by atoms with E-state index >= 15 is 0 Å². The third kappa shape index (κ3) is 4.55. The third-order valence-corrected chi connectivity index (χ3v) is 9.58. The maximum Gasteiger partial charge on any atom is 0.494 e. The van der Waals surface area contributed by atoms with Gasteiger partial charge in [0, 0.05) is 38.2 Å². The molecule has 7 nitrogen and oxygen atoms in total. The monoisotopic (exact) mass is 615 g/mol. The van der Waals surface area contributed by atoms with Gasteiger partial charge < -0.3 is 18.1 Å². The van der Waals surface area contributed by atoms with E-state index in [0.29, 0.717) is 17.5 Å². The second kappa shape index (κ2) is 10.1. The second-order valence-electron chi connectivity index (χ2n) is 13.1. The van der Waals surface area contributed by atoms with Crippen molar-refractivity contribution in [3.8, 4) is 34.2 Å². The van der Waals surface area contributed by atoms with Crippen molar-refractivity contribution in [2.24, 2.45) is 0 Å². The number of benzene rings is 5. The topological polar surface area (TPSA) is 83.4 Å². The quantitative estimate of drug-likeness (QED) is 0.183. The molecule has 1 fully saturated rings. The molecule has 3 aromatic heterocycles. The molecule has 5 aromatic carbocycles. The van der Waals surface area contributed by atoms with E-state index in [9.17, 15) is 0 Å². The van der Waals surface area contributed by atoms with Gasteiger partial charge in [-0.15, -0.1) is 0 Å². The molecule has 1 saturated heterocycles. The van der Waals surface area contributed by atoms with Crippen LogP contribution in [0.2, 0.25) is 0 Å². The largest absolute Gasteiger partial charge is 0.494 e. The summed E-state index contributed by atoms with van der Waals surface area (Å²) >= 11 is 0. The van der Waals surface area contributed by atoms with Gasteiger partial charge in [-0.25, -0.2) is 15.0 Å². The van der Waals surface area contributed by atoms with Crippen molar-refractivity contribution >= 4 is 56.5 Å². The zero-order valence-electron chi connectivity index (χ0n) is 26.4. The minimum Gasteiger partial charge on any atom is -0.456 e. The Morgan fingerprint density at radius 1 is 0.447 bits per heavy atom. The molecule has 0 N–H and O–H groups in total. The smallest absolute Gasteiger partial charge is 0.456 e. The van der Waals surface area contributed by atoms with Crippen LogP contribution in [0.15, 0.2) is 118 Å². The zero-order chi connectivity index (χ0) is 31.9. The van der Waals surface area contributed by atoms with E-state index in [1.54, 1.807) is 0 Å². The summed E-state index contributed by atoms with van der Waals surface area (Å²) < 4.78 is 25.2. The number of hydrogen-bond acceptors (Lipinski definition) is 7. The first-order valence-electron chi connectivity index (χ1n) is 15.8. The summed E-state index contributed by atoms with van der Waals surface area (Å²) in [5.74, 6) is 1.71. The fourth-order valence-electron chi connectivity index (χ4n) is 6.28. The molecule has 4 heterocycles. The highest BCUT2D eigenvalue weighted by atomic mass is 16.7. The number of aromatic nitrogens is 3. The Balaban J connectivity index is 1.15. The average molecular weight is 615 g/mol. The Kier molecular flexibility index (Phi) is 6.01. The highest BCUT2D eigenvalue weighted by molar-refractivity contribution is 6.62. The highest BCUT2D eigenvalue weighted by Crippen LogP contribution is 2.38. The van der Waals surface area contributed by atoms with Crippen molar-refractivity contribution in [3.63, 3.8) is 0 Å². The lowest BCUT2D eigenvalue weighted by Gasteiger charge is -2.32. The molecule has 0 atom stereocenters. The first-order chi connectivity index (χ1) is 22.7. The molecule has 1 aliphatic heterocycles. The lowest BCUT2D eigenvalue weighted by molar-refractivity contribution is 0.00578. The molecule has 8 heteroatoms. The molecular formula is C39H30BN3O4. The van der Waals surface area contributed by atoms with Gasteiger partial charge in [0.15, 0.2) is 17.5 Å². The van der Waals surface area contributed by atoms with Gasteiger partial charge in [-0.05, 0) is 69.6 Å². The summed E-state index contributed by atoms with van der Waals surface area (Å²) in [5, 5.41) is 4.13. The summed E-state index contributed by atoms with van der Waals surface area (Å²) in [6.07, 6.45) is 0. The Labute approximate surface area is 271 Å². The van der Waals surface area contributed by atoms with Crippen LogP contribution in [0.25, 0.3) is 78.0 Å². The van der Waals surface area contributed by atoms with Gasteiger partial charge in [0.05, 0.1) is 11.2 Å². The van der Waals surface area contributed by atoms with Crippen molar-refractivity contribution in [1.29, 1.82) is 0 Å². The Bertz CT molecular complexity index is 2480. The molecule has 228 valence electrons. The fourth-order valence-corrected chi connectivity index (χ4v) is 6.28. The normalized spacial score (nSPS) is 15.8. The average Bonchev–Trinajstić information content (AvgIpc) is 3.71. The van der Waals surface area contributed by atoms with E-state index in [1.165, 1.54) is 0 Å². The van der Waals surface area contributed by atoms with E-state index in [-0.39, 0.29) is 0 Å². The number of nitrogens with zero attached hydrogens (tertiary/aromatic N) is 3. The van der Waals surface area contributed by atoms with Crippen LogP contribution in [0.4, 0.5) is 0 Å². The van der Waals surface area contributed by atoms with Crippen LogP contribution in [-0.4, -0.2) is 33.3 Å². The van der Waals surface area contributed by atoms with Gasteiger partial charge in [-0.1, -0.05) is 72.8 Å². The van der Waals surface area contributed by atoms with Gasteiger partial charge in [0.1, 0.15) is 22.3 Å². The van der Waals surface area contributed by atoms with Crippen molar-refractivity contribution in [2.45, 2.75) is 38.9 Å². The van der Waals surface area contributed by atoms with Crippen LogP contribution < -0.4 is 5.46 Å². The van der Waals surface area contributed by atoms with E-state index in [1.807, 2.05) is 84.9 Å². The molecule has 0 saturated carbocycles. The first kappa shape index (κ1) is 28.0. The predicted octanol–water partition coefficient (Wildman–Crippen LogP) is 8.97. The number of furan rings is 2. The van der Waals surface area contributed by atoms with Crippen molar-refractivity contribution in [3.05, 3.63) is 109 Å². The minimum atomic E-state index is -0.451. The van der Waals surface area contributed by atoms with E-state index in [0.717, 1.165) is 66.0 Å². The van der Waals surface area contributed by atoms with Gasteiger partial charge in [0.25, 0.3) is 0 Å². The number of rotatable bonds is 4. The molecule has 0 amide bonds. The molecule has 0 spiro atoms. The molecule has 9 rings (SSSR count). The van der Waals surface area contributed by atoms with Crippen molar-refractivity contribution in [2.75, 3.05) is 0 Å². The summed E-state index contributed by atoms with van der Waals surface area (Å²) in [6, 6.07) is 36.3. The minimum absolute atomic E-state index is 0.417. The lowest BCUT2D eigenvalue weighted by atomic mass is 9.78. The molecule has 47 heavy (non-hydrogen) atoms. The van der Waals surface area contributed by atoms with Crippen molar-refractivity contribution in [1.82, 2.24) is 15.0 Å². The van der Waals surface area contributed by atoms with Gasteiger partial charge in [0.2, 0.25) is 0 Å². The number of hydrogen-bond donors (Lipinski definition) is 0. The summed E-state index contributed by atoms with van der Waals surface area (Å²) in [5.41, 5.74) is 5.87. The highest BCUT2D eigenvalue weighted by Gasteiger charge is 2.51. The number of para-hydroxylation sites is 1. The maximum atomic E-state index is 6.36. The Morgan fingerprint density at radius 2 is 0.957 bits per heavy atom. The summed E-state index contributed by atoms with van der Waals surface area (Å²) in [7, 11) is -0.451. The zero-order valence-corrected chi connectivity index (χ0v) is 26.4. The van der Waals surface area contributed by atoms with Crippen LogP contribution >= 0.6 is 0 Å². The van der Waals surface area contributed by atoms with Crippen LogP contribution in [0.3, 0.4) is 0 Å². The summed E-state index contributed by atoms with van der Waals surface area (Å²) in [6.45, 7) is 8.25. The van der Waals surface area contributed by atoms with E-state index < -0.39 is 18.3 Å². The standard InChI is InChI=1S/C39H30BN3O4/c1-38(2)39(3,4)47-40(46-38)26-16-19-32-30(22-26)29-18-15-25(21-34(29)45-32)37-42-35(23-10-6-5-7-11-23)41-36(43-37)24-14-17-28-27-12-8-9-13-31(27)44-33(28)20-24/h5-22H,1-4H3. The molecule has 8 aromatic rings. The molecular weight excluding hydrogens is 585 g/mol. The van der Waals surface area contributed by atoms with Crippen LogP contribution in [0.1, 0.15) is 27.7 Å². The molecule has 1 aliphatic rings. The Morgan fingerprint density at radius 3 is 1.60 bits per heavy atom. The lowest BCUT2D eigenvalue weighted by Crippen LogP contribution is -2.41. The summed E-state index contributed by atoms with van der Waals surface area (Å²) in [4.78, 5) is 14.8. The molecule has 0 radical (unpaired) electrons. The SMILES string of the molecule is CC1(C)OB(c2ccc3oc4cc(-c5nc(-c6ccccc6)nc(-c6ccc7c(c6)oc6ccccc67)n5)ccc4c3c2)OC1(C)C. The van der Waals surface area contributed by atoms with Crippen LogP contribution in [-0.2, 0) is 9.31 Å². The van der Waals surface area contributed by atoms with Gasteiger partial charge in [-0.2, -0.15) is 0 Å². The first-order valence-corrected chi connectivity index (χ1v) is 15.8. The molecule has 0 aliphatic carbocycles. The third-order valence-electron chi connectivity index (χ3n) is 9.58. The van der Waals surface area contributed by atoms with Gasteiger partial charge in [-0.3, -0.25) is 0 Å². The molecule has 0 bridgehead atoms. The van der Waals surface area contributed by atoms with Crippen LogP contribution in [0.5, 0.6) is 0 Å². The van der Waals surface area contributed by atoms with E-state index in [2.05, 4.69) is 52.0 Å². The number of fused-ring (bicyclic) bond motifs is 6. The van der Waals surface area contributed by atoms with E-state index in [4.69, 9.17) is 33.1 Å². The Hall–Kier alpha value is -5.31. The molecule has 0 unspecified atom stereocenters. The maximum absolute atomic E-state index is 6.36. The van der Waals surface area contributed by atoms with Crippen LogP contribution in [0, 0.1) is 0 Å². The van der Waals surface area contributed by atoms with Crippen molar-refractivity contribution < 1.29 is 18.1 Å². The second-order valence-corrected chi connectivity index (χ2v) is 13.1. The van der Waals surface area contributed by atoms with Gasteiger partial charge >= 0.3 is 7.12 Å². The fraction of sp³-hybridized carbons (Fsp3) is 0.154.